The summed E-state index contributed by atoms with van der Waals surface area (Å²) in [4.78, 5) is 14.4. The summed E-state index contributed by atoms with van der Waals surface area (Å²) >= 11 is 0. The van der Waals surface area contributed by atoms with Crippen LogP contribution in [0.1, 0.15) is 82.9 Å². The number of amidine groups is 1. The monoisotopic (exact) mass is 736 g/mol. The summed E-state index contributed by atoms with van der Waals surface area (Å²) < 4.78 is 51.2. The number of phenolic OH excluding ortho intramolecular Hbond substituents is 1. The van der Waals surface area contributed by atoms with E-state index < -0.39 is 29.7 Å². The molecular formula is C40H54F2N6O5. The van der Waals surface area contributed by atoms with Crippen molar-refractivity contribution in [2.75, 3.05) is 46.6 Å². The van der Waals surface area contributed by atoms with E-state index in [1.165, 1.54) is 19.2 Å². The average Bonchev–Trinajstić information content (AvgIpc) is 3.36. The van der Waals surface area contributed by atoms with Gasteiger partial charge in [0.2, 0.25) is 5.90 Å². The summed E-state index contributed by atoms with van der Waals surface area (Å²) in [6.07, 6.45) is 6.01. The number of hydrogen-bond acceptors (Lipinski definition) is 11. The molecule has 5 N–H and O–H groups in total. The molecule has 4 unspecified atom stereocenters. The summed E-state index contributed by atoms with van der Waals surface area (Å²) in [5, 5.41) is 26.5. The lowest BCUT2D eigenvalue weighted by Crippen LogP contribution is -2.66. The molecule has 2 aliphatic carbocycles. The maximum Gasteiger partial charge on any atom is 0.291 e. The number of aromatic hydroxyl groups is 1. The van der Waals surface area contributed by atoms with Gasteiger partial charge in [-0.05, 0) is 105 Å². The van der Waals surface area contributed by atoms with Gasteiger partial charge in [-0.1, -0.05) is 19.4 Å². The second-order valence-electron chi connectivity index (χ2n) is 16.7. The number of piperidine rings is 1. The fourth-order valence-electron chi connectivity index (χ4n) is 10.4. The standard InChI is InChI=1S/C40H54F2N6O5/c1-5-27-29(41)9-8-23-16-26(49)19-28(30(23)27)33-32(42)34-31(36(44-33)51-4)35(47-14-15-52-21-38(2,50)20-47)46-37(45-34)53-22-40-11-6-10-39(40,3)48(13-7-12-40)25-17-24(43)18-25/h8-9,16,19,24-25,32-34,49-50H,5-7,10-15,17-18,20-22,43H2,1-4H3,(H,45,46)/t24?,25?,32?,33?,34?,38-,39?,40+/m0/s1. The average molecular weight is 737 g/mol. The summed E-state index contributed by atoms with van der Waals surface area (Å²) in [5.74, 6) is 0.189. The van der Waals surface area contributed by atoms with Gasteiger partial charge >= 0.3 is 0 Å². The molecule has 2 saturated heterocycles. The van der Waals surface area contributed by atoms with Gasteiger partial charge in [-0.25, -0.2) is 18.8 Å². The molecule has 4 heterocycles. The fraction of sp³-hybridized carbons (Fsp3) is 0.650. The number of nitrogens with one attached hydrogen (secondary N) is 1. The molecule has 8 rings (SSSR count). The quantitative estimate of drug-likeness (QED) is 0.329. The van der Waals surface area contributed by atoms with Crippen molar-refractivity contribution >= 4 is 22.7 Å². The number of phenols is 1. The van der Waals surface area contributed by atoms with E-state index in [2.05, 4.69) is 17.1 Å². The van der Waals surface area contributed by atoms with Gasteiger partial charge in [-0.2, -0.15) is 0 Å². The molecule has 2 aromatic rings. The van der Waals surface area contributed by atoms with Crippen molar-refractivity contribution in [2.24, 2.45) is 21.1 Å². The molecule has 0 bridgehead atoms. The van der Waals surface area contributed by atoms with E-state index in [1.54, 1.807) is 19.1 Å². The van der Waals surface area contributed by atoms with Gasteiger partial charge in [-0.3, -0.25) is 10.2 Å². The number of fused-ring (bicyclic) bond motifs is 3. The molecule has 6 atom stereocenters. The Bertz CT molecular complexity index is 1850. The minimum Gasteiger partial charge on any atom is -0.508 e. The van der Waals surface area contributed by atoms with Crippen molar-refractivity contribution in [3.8, 4) is 5.75 Å². The highest BCUT2D eigenvalue weighted by atomic mass is 19.1. The first-order valence-electron chi connectivity index (χ1n) is 19.4. The number of nitrogens with zero attached hydrogens (tertiary/aromatic N) is 4. The van der Waals surface area contributed by atoms with Crippen LogP contribution in [0.2, 0.25) is 0 Å². The lowest BCUT2D eigenvalue weighted by Gasteiger charge is -2.59. The van der Waals surface area contributed by atoms with Crippen LogP contribution in [0.15, 0.2) is 45.6 Å². The minimum atomic E-state index is -1.73. The number of alkyl halides is 1. The SMILES string of the molecule is CCc1c(F)ccc2cc(O)cc(C3N=C(OC)C4=C(N5CCOC[C@@](C)(O)C5)NC(OC[C@@]56CCCN(C7CC(N)C7)C5(C)CCC6)=NC4C3F)c12. The topological polar surface area (TPSA) is 137 Å². The first-order chi connectivity index (χ1) is 25.4. The van der Waals surface area contributed by atoms with E-state index in [1.807, 2.05) is 11.8 Å². The number of β-amino-alcohol motifs (C(OH)–C–C–N with tert-alkyl or cyclic N) is 1. The van der Waals surface area contributed by atoms with Crippen molar-refractivity contribution in [3.05, 3.63) is 52.6 Å². The predicted molar refractivity (Wildman–Crippen MR) is 199 cm³/mol. The van der Waals surface area contributed by atoms with Crippen molar-refractivity contribution in [1.82, 2.24) is 15.1 Å². The second-order valence-corrected chi connectivity index (χ2v) is 16.7. The van der Waals surface area contributed by atoms with Crippen LogP contribution in [0.3, 0.4) is 0 Å². The zero-order valence-electron chi connectivity index (χ0n) is 31.3. The Balaban J connectivity index is 1.20. The molecule has 0 radical (unpaired) electrons. The lowest BCUT2D eigenvalue weighted by atomic mass is 9.65. The Morgan fingerprint density at radius 3 is 2.64 bits per heavy atom. The Morgan fingerprint density at radius 2 is 1.89 bits per heavy atom. The number of methoxy groups -OCH3 is 1. The molecule has 13 heteroatoms. The van der Waals surface area contributed by atoms with Crippen molar-refractivity contribution in [2.45, 2.75) is 114 Å². The number of aliphatic imine (C=N–C) groups is 2. The zero-order valence-corrected chi connectivity index (χ0v) is 31.3. The third kappa shape index (κ3) is 6.15. The van der Waals surface area contributed by atoms with Gasteiger partial charge in [0, 0.05) is 29.6 Å². The van der Waals surface area contributed by atoms with E-state index in [4.69, 9.17) is 29.9 Å². The number of nitrogens with two attached hydrogens (primary N) is 1. The van der Waals surface area contributed by atoms with Gasteiger partial charge in [0.15, 0.2) is 6.17 Å². The number of ether oxygens (including phenoxy) is 3. The Hall–Kier alpha value is -3.52. The molecule has 2 saturated carbocycles. The van der Waals surface area contributed by atoms with Crippen LogP contribution in [0.4, 0.5) is 8.78 Å². The highest BCUT2D eigenvalue weighted by Gasteiger charge is 2.59. The van der Waals surface area contributed by atoms with Crippen molar-refractivity contribution in [3.63, 3.8) is 0 Å². The van der Waals surface area contributed by atoms with Crippen LogP contribution in [0.25, 0.3) is 10.8 Å². The fourth-order valence-corrected chi connectivity index (χ4v) is 10.4. The van der Waals surface area contributed by atoms with Gasteiger partial charge < -0.3 is 35.1 Å². The van der Waals surface area contributed by atoms with Crippen LogP contribution < -0.4 is 11.1 Å². The molecule has 288 valence electrons. The van der Waals surface area contributed by atoms with E-state index in [9.17, 15) is 10.2 Å². The number of aryl methyl sites for hydroxylation is 1. The highest BCUT2D eigenvalue weighted by Crippen LogP contribution is 2.57. The molecule has 0 spiro atoms. The van der Waals surface area contributed by atoms with Crippen LogP contribution in [0.5, 0.6) is 5.75 Å². The maximum absolute atomic E-state index is 17.5. The first-order valence-corrected chi connectivity index (χ1v) is 19.4. The minimum absolute atomic E-state index is 0.0486. The summed E-state index contributed by atoms with van der Waals surface area (Å²) in [7, 11) is 1.48. The predicted octanol–water partition coefficient (Wildman–Crippen LogP) is 4.84. The second kappa shape index (κ2) is 13.6. The Labute approximate surface area is 310 Å². The lowest BCUT2D eigenvalue weighted by molar-refractivity contribution is -0.105. The Kier molecular flexibility index (Phi) is 9.39. The number of benzene rings is 2. The largest absolute Gasteiger partial charge is 0.508 e. The number of rotatable bonds is 6. The van der Waals surface area contributed by atoms with E-state index in [-0.39, 0.29) is 47.8 Å². The summed E-state index contributed by atoms with van der Waals surface area (Å²) in [6.45, 7) is 8.54. The number of halogens is 2. The van der Waals surface area contributed by atoms with Crippen molar-refractivity contribution in [1.29, 1.82) is 0 Å². The number of likely N-dealkylation sites (tertiary alicyclic amines) is 1. The molecule has 0 aromatic heterocycles. The third-order valence-corrected chi connectivity index (χ3v) is 13.2. The van der Waals surface area contributed by atoms with E-state index >= 15 is 8.78 Å². The van der Waals surface area contributed by atoms with Crippen LogP contribution in [-0.2, 0) is 20.6 Å². The maximum atomic E-state index is 17.5. The normalized spacial score (nSPS) is 36.2. The smallest absolute Gasteiger partial charge is 0.291 e. The van der Waals surface area contributed by atoms with Crippen LogP contribution >= 0.6 is 0 Å². The summed E-state index contributed by atoms with van der Waals surface area (Å²) in [5.41, 5.74) is 6.10. The van der Waals surface area contributed by atoms with E-state index in [0.29, 0.717) is 65.5 Å². The molecule has 6 aliphatic rings. The van der Waals surface area contributed by atoms with Crippen LogP contribution in [0, 0.1) is 11.2 Å². The van der Waals surface area contributed by atoms with Gasteiger partial charge in [-0.15, -0.1) is 0 Å². The molecule has 2 aromatic carbocycles. The van der Waals surface area contributed by atoms with Gasteiger partial charge in [0.05, 0.1) is 39.0 Å². The third-order valence-electron chi connectivity index (χ3n) is 13.2. The van der Waals surface area contributed by atoms with Crippen LogP contribution in [-0.4, -0.2) is 114 Å². The number of aliphatic hydroxyl groups is 1. The molecule has 4 aliphatic heterocycles. The first kappa shape index (κ1) is 36.5. The van der Waals surface area contributed by atoms with E-state index in [0.717, 1.165) is 51.5 Å². The molecular weight excluding hydrogens is 682 g/mol. The number of hydrogen-bond donors (Lipinski definition) is 4. The molecule has 0 amide bonds. The zero-order chi connectivity index (χ0) is 37.3. The summed E-state index contributed by atoms with van der Waals surface area (Å²) in [6, 6.07) is 4.66. The van der Waals surface area contributed by atoms with Crippen molar-refractivity contribution < 1.29 is 33.2 Å². The molecule has 11 nitrogen and oxygen atoms in total. The van der Waals surface area contributed by atoms with Gasteiger partial charge in [0.1, 0.15) is 35.1 Å². The molecule has 4 fully saturated rings. The Morgan fingerprint density at radius 1 is 1.09 bits per heavy atom. The molecule has 53 heavy (non-hydrogen) atoms. The highest BCUT2D eigenvalue weighted by molar-refractivity contribution is 6.00. The van der Waals surface area contributed by atoms with Gasteiger partial charge in [0.25, 0.3) is 6.02 Å².